The average molecular weight is 412 g/mol. The number of nitrogens with zero attached hydrogens (tertiary/aromatic N) is 2. The molecule has 0 atom stereocenters. The number of methoxy groups -OCH3 is 2. The number of carbonyl (C=O) groups excluding carboxylic acids is 1. The number of anilines is 1. The van der Waals surface area contributed by atoms with Crippen molar-refractivity contribution in [3.8, 4) is 11.5 Å². The zero-order chi connectivity index (χ0) is 22.0. The zero-order valence-electron chi connectivity index (χ0n) is 18.0. The number of amidine groups is 1. The minimum atomic E-state index is -0.171. The van der Waals surface area contributed by atoms with Crippen molar-refractivity contribution in [3.05, 3.63) is 94.7 Å². The fraction of sp³-hybridized carbons (Fsp3) is 0.154. The van der Waals surface area contributed by atoms with Gasteiger partial charge < -0.3 is 9.47 Å². The first-order chi connectivity index (χ1) is 15.0. The van der Waals surface area contributed by atoms with Crippen LogP contribution in [0.25, 0.3) is 6.08 Å². The van der Waals surface area contributed by atoms with Crippen LogP contribution in [0.2, 0.25) is 0 Å². The van der Waals surface area contributed by atoms with Crippen LogP contribution in [-0.2, 0) is 4.79 Å². The van der Waals surface area contributed by atoms with Gasteiger partial charge >= 0.3 is 0 Å². The van der Waals surface area contributed by atoms with E-state index in [1.54, 1.807) is 25.2 Å². The number of ether oxygens (including phenoxy) is 2. The number of hydrogen-bond acceptors (Lipinski definition) is 4. The zero-order valence-corrected chi connectivity index (χ0v) is 18.0. The number of rotatable bonds is 5. The van der Waals surface area contributed by atoms with Crippen LogP contribution in [0.15, 0.2) is 77.4 Å². The lowest BCUT2D eigenvalue weighted by Gasteiger charge is -2.19. The molecule has 0 aromatic heterocycles. The van der Waals surface area contributed by atoms with E-state index in [0.717, 1.165) is 27.9 Å². The van der Waals surface area contributed by atoms with Gasteiger partial charge in [0.25, 0.3) is 5.91 Å². The van der Waals surface area contributed by atoms with Crippen LogP contribution in [0, 0.1) is 13.8 Å². The molecule has 3 aromatic rings. The molecule has 0 aliphatic carbocycles. The van der Waals surface area contributed by atoms with E-state index in [4.69, 9.17) is 14.5 Å². The van der Waals surface area contributed by atoms with Gasteiger partial charge in [0.05, 0.1) is 19.9 Å². The summed E-state index contributed by atoms with van der Waals surface area (Å²) in [4.78, 5) is 19.8. The predicted molar refractivity (Wildman–Crippen MR) is 124 cm³/mol. The number of aryl methyl sites for hydroxylation is 2. The molecule has 4 rings (SSSR count). The third-order valence-electron chi connectivity index (χ3n) is 5.14. The molecule has 0 spiro atoms. The van der Waals surface area contributed by atoms with Crippen molar-refractivity contribution in [2.75, 3.05) is 19.1 Å². The van der Waals surface area contributed by atoms with Gasteiger partial charge in [0.2, 0.25) is 0 Å². The summed E-state index contributed by atoms with van der Waals surface area (Å²) in [5.74, 6) is 1.67. The molecule has 5 nitrogen and oxygen atoms in total. The van der Waals surface area contributed by atoms with E-state index >= 15 is 0 Å². The Labute approximate surface area is 182 Å². The fourth-order valence-electron chi connectivity index (χ4n) is 3.53. The lowest BCUT2D eigenvalue weighted by Crippen LogP contribution is -2.32. The second-order valence-corrected chi connectivity index (χ2v) is 7.43. The van der Waals surface area contributed by atoms with E-state index in [1.165, 1.54) is 0 Å². The third-order valence-corrected chi connectivity index (χ3v) is 5.14. The summed E-state index contributed by atoms with van der Waals surface area (Å²) in [5, 5.41) is 0. The molecule has 3 aromatic carbocycles. The SMILES string of the molecule is COc1ccc(/C=C2/N=C(c3cccc(C)c3)N(c3ccc(C)cc3)C2=O)cc1OC. The number of benzene rings is 3. The molecule has 1 aliphatic rings. The number of hydrogen-bond donors (Lipinski definition) is 0. The highest BCUT2D eigenvalue weighted by atomic mass is 16.5. The molecular formula is C26H24N2O3. The molecule has 31 heavy (non-hydrogen) atoms. The number of amides is 1. The normalized spacial score (nSPS) is 14.7. The van der Waals surface area contributed by atoms with Crippen molar-refractivity contribution < 1.29 is 14.3 Å². The van der Waals surface area contributed by atoms with Gasteiger partial charge in [-0.1, -0.05) is 47.5 Å². The summed E-state index contributed by atoms with van der Waals surface area (Å²) in [5.41, 5.74) is 5.08. The van der Waals surface area contributed by atoms with Crippen molar-refractivity contribution in [2.45, 2.75) is 13.8 Å². The first-order valence-corrected chi connectivity index (χ1v) is 10.0. The minimum Gasteiger partial charge on any atom is -0.493 e. The Morgan fingerprint density at radius 2 is 1.58 bits per heavy atom. The molecule has 156 valence electrons. The fourth-order valence-corrected chi connectivity index (χ4v) is 3.53. The van der Waals surface area contributed by atoms with Gasteiger partial charge in [-0.05, 0) is 55.8 Å². The van der Waals surface area contributed by atoms with Gasteiger partial charge in [0.1, 0.15) is 11.5 Å². The second kappa shape index (κ2) is 8.48. The topological polar surface area (TPSA) is 51.1 Å². The van der Waals surface area contributed by atoms with Crippen LogP contribution in [0.3, 0.4) is 0 Å². The third kappa shape index (κ3) is 4.08. The van der Waals surface area contributed by atoms with Crippen LogP contribution >= 0.6 is 0 Å². The smallest absolute Gasteiger partial charge is 0.282 e. The van der Waals surface area contributed by atoms with Crippen molar-refractivity contribution in [2.24, 2.45) is 4.99 Å². The molecule has 1 heterocycles. The highest BCUT2D eigenvalue weighted by Gasteiger charge is 2.32. The van der Waals surface area contributed by atoms with E-state index in [-0.39, 0.29) is 5.91 Å². The largest absolute Gasteiger partial charge is 0.493 e. The minimum absolute atomic E-state index is 0.171. The van der Waals surface area contributed by atoms with E-state index < -0.39 is 0 Å². The Morgan fingerprint density at radius 3 is 2.26 bits per heavy atom. The van der Waals surface area contributed by atoms with Crippen molar-refractivity contribution in [3.63, 3.8) is 0 Å². The molecule has 0 saturated carbocycles. The lowest BCUT2D eigenvalue weighted by molar-refractivity contribution is -0.113. The quantitative estimate of drug-likeness (QED) is 0.544. The van der Waals surface area contributed by atoms with Gasteiger partial charge in [-0.2, -0.15) is 0 Å². The van der Waals surface area contributed by atoms with Gasteiger partial charge in [-0.15, -0.1) is 0 Å². The highest BCUT2D eigenvalue weighted by Crippen LogP contribution is 2.31. The first-order valence-electron chi connectivity index (χ1n) is 10.0. The first kappa shape index (κ1) is 20.4. The second-order valence-electron chi connectivity index (χ2n) is 7.43. The summed E-state index contributed by atoms with van der Waals surface area (Å²) < 4.78 is 10.7. The van der Waals surface area contributed by atoms with Crippen LogP contribution in [-0.4, -0.2) is 26.0 Å². The van der Waals surface area contributed by atoms with Crippen molar-refractivity contribution >= 4 is 23.5 Å². The Bertz CT molecular complexity index is 1190. The van der Waals surface area contributed by atoms with Crippen LogP contribution < -0.4 is 14.4 Å². The molecule has 1 aliphatic heterocycles. The maximum atomic E-state index is 13.4. The Morgan fingerprint density at radius 1 is 0.839 bits per heavy atom. The molecule has 0 radical (unpaired) electrons. The highest BCUT2D eigenvalue weighted by molar-refractivity contribution is 6.33. The van der Waals surface area contributed by atoms with E-state index in [2.05, 4.69) is 0 Å². The Hall–Kier alpha value is -3.86. The van der Waals surface area contributed by atoms with Crippen LogP contribution in [0.5, 0.6) is 11.5 Å². The summed E-state index contributed by atoms with van der Waals surface area (Å²) in [7, 11) is 3.18. The molecule has 1 amide bonds. The molecule has 0 unspecified atom stereocenters. The Kier molecular flexibility index (Phi) is 5.58. The lowest BCUT2D eigenvalue weighted by atomic mass is 10.1. The maximum absolute atomic E-state index is 13.4. The molecule has 0 bridgehead atoms. The van der Waals surface area contributed by atoms with E-state index in [9.17, 15) is 4.79 Å². The molecule has 0 saturated heterocycles. The van der Waals surface area contributed by atoms with Gasteiger partial charge in [0, 0.05) is 5.56 Å². The number of carbonyl (C=O) groups is 1. The van der Waals surface area contributed by atoms with Crippen molar-refractivity contribution in [1.29, 1.82) is 0 Å². The van der Waals surface area contributed by atoms with E-state index in [0.29, 0.717) is 23.0 Å². The molecule has 0 fully saturated rings. The average Bonchev–Trinajstić information content (AvgIpc) is 3.10. The van der Waals surface area contributed by atoms with E-state index in [1.807, 2.05) is 80.6 Å². The molecule has 0 N–H and O–H groups in total. The maximum Gasteiger partial charge on any atom is 0.282 e. The van der Waals surface area contributed by atoms with Gasteiger partial charge in [0.15, 0.2) is 11.5 Å². The standard InChI is InChI=1S/C26H24N2O3/c1-17-8-11-21(12-9-17)28-25(20-7-5-6-18(2)14-20)27-22(26(28)29)15-19-10-13-23(30-3)24(16-19)31-4/h5-16H,1-4H3/b22-15+. The summed E-state index contributed by atoms with van der Waals surface area (Å²) in [6.45, 7) is 4.05. The summed E-state index contributed by atoms with van der Waals surface area (Å²) in [6, 6.07) is 21.4. The summed E-state index contributed by atoms with van der Waals surface area (Å²) >= 11 is 0. The molecule has 5 heteroatoms. The predicted octanol–water partition coefficient (Wildman–Crippen LogP) is 5.16. The molecular weight excluding hydrogens is 388 g/mol. The number of aliphatic imine (C=N–C) groups is 1. The Balaban J connectivity index is 1.81. The van der Waals surface area contributed by atoms with Gasteiger partial charge in [-0.25, -0.2) is 4.99 Å². The monoisotopic (exact) mass is 412 g/mol. The summed E-state index contributed by atoms with van der Waals surface area (Å²) in [6.07, 6.45) is 1.77. The van der Waals surface area contributed by atoms with Crippen LogP contribution in [0.1, 0.15) is 22.3 Å². The van der Waals surface area contributed by atoms with Crippen LogP contribution in [0.4, 0.5) is 5.69 Å². The van der Waals surface area contributed by atoms with Crippen molar-refractivity contribution in [1.82, 2.24) is 0 Å². The van der Waals surface area contributed by atoms with Gasteiger partial charge in [-0.3, -0.25) is 9.69 Å².